The van der Waals surface area contributed by atoms with Crippen LogP contribution in [0.5, 0.6) is 11.5 Å². The Balaban J connectivity index is 1.17. The van der Waals surface area contributed by atoms with E-state index in [2.05, 4.69) is 15.2 Å². The highest BCUT2D eigenvalue weighted by atomic mass is 16.6. The van der Waals surface area contributed by atoms with Crippen LogP contribution in [0.2, 0.25) is 0 Å². The molecule has 2 aliphatic heterocycles. The molecule has 1 fully saturated rings. The Hall–Kier alpha value is -3.29. The number of nitrogens with zero attached hydrogens (tertiary/aromatic N) is 3. The summed E-state index contributed by atoms with van der Waals surface area (Å²) in [4.78, 5) is 33.1. The summed E-state index contributed by atoms with van der Waals surface area (Å²) in [7, 11) is 0. The molecule has 8 heteroatoms. The maximum absolute atomic E-state index is 12.5. The fourth-order valence-corrected chi connectivity index (χ4v) is 3.63. The van der Waals surface area contributed by atoms with Crippen LogP contribution >= 0.6 is 0 Å². The van der Waals surface area contributed by atoms with Crippen molar-refractivity contribution in [1.29, 1.82) is 0 Å². The van der Waals surface area contributed by atoms with Crippen LogP contribution < -0.4 is 19.7 Å². The third kappa shape index (κ3) is 5.00. The van der Waals surface area contributed by atoms with Gasteiger partial charge in [-0.3, -0.25) is 9.59 Å². The van der Waals surface area contributed by atoms with E-state index in [4.69, 9.17) is 9.47 Å². The van der Waals surface area contributed by atoms with Gasteiger partial charge in [0, 0.05) is 57.0 Å². The zero-order valence-corrected chi connectivity index (χ0v) is 16.9. The number of hydrogen-bond donors (Lipinski definition) is 1. The number of nitrogens with one attached hydrogen (secondary N) is 1. The highest BCUT2D eigenvalue weighted by Gasteiger charge is 2.21. The molecule has 2 aliphatic rings. The number of benzene rings is 1. The van der Waals surface area contributed by atoms with E-state index in [9.17, 15) is 9.59 Å². The lowest BCUT2D eigenvalue weighted by atomic mass is 10.2. The second kappa shape index (κ2) is 9.47. The van der Waals surface area contributed by atoms with Crippen LogP contribution in [-0.2, 0) is 9.59 Å². The van der Waals surface area contributed by atoms with Gasteiger partial charge in [-0.2, -0.15) is 0 Å². The molecule has 0 radical (unpaired) electrons. The molecule has 1 saturated heterocycles. The molecule has 158 valence electrons. The number of fused-ring (bicyclic) bond motifs is 1. The normalized spacial score (nSPS) is 15.6. The molecule has 2 aromatic rings. The minimum Gasteiger partial charge on any atom is -0.486 e. The van der Waals surface area contributed by atoms with Gasteiger partial charge in [-0.15, -0.1) is 0 Å². The predicted octanol–water partition coefficient (Wildman–Crippen LogP) is 2.31. The quantitative estimate of drug-likeness (QED) is 0.787. The smallest absolute Gasteiger partial charge is 0.224 e. The van der Waals surface area contributed by atoms with Crippen LogP contribution in [0, 0.1) is 0 Å². The zero-order valence-electron chi connectivity index (χ0n) is 16.9. The molecule has 0 aliphatic carbocycles. The molecule has 8 nitrogen and oxygen atoms in total. The summed E-state index contributed by atoms with van der Waals surface area (Å²) in [6, 6.07) is 11.2. The molecule has 0 spiro atoms. The first-order chi connectivity index (χ1) is 14.7. The SMILES string of the molecule is O=C(CCCC(=O)N1CCN(c2ccccn2)CC1)Nc1ccc2c(c1)OCCO2. The lowest BCUT2D eigenvalue weighted by Gasteiger charge is -2.35. The molecule has 1 N–H and O–H groups in total. The Morgan fingerprint density at radius 1 is 0.967 bits per heavy atom. The first-order valence-corrected chi connectivity index (χ1v) is 10.3. The highest BCUT2D eigenvalue weighted by Crippen LogP contribution is 2.32. The van der Waals surface area contributed by atoms with Crippen LogP contribution in [0.1, 0.15) is 19.3 Å². The van der Waals surface area contributed by atoms with Gasteiger partial charge in [-0.1, -0.05) is 6.07 Å². The van der Waals surface area contributed by atoms with E-state index in [-0.39, 0.29) is 11.8 Å². The Labute approximate surface area is 175 Å². The van der Waals surface area contributed by atoms with E-state index < -0.39 is 0 Å². The second-order valence-electron chi connectivity index (χ2n) is 7.32. The van der Waals surface area contributed by atoms with Crippen molar-refractivity contribution in [2.75, 3.05) is 49.6 Å². The van der Waals surface area contributed by atoms with Gasteiger partial charge in [0.05, 0.1) is 0 Å². The molecular weight excluding hydrogens is 384 g/mol. The van der Waals surface area contributed by atoms with Gasteiger partial charge in [0.2, 0.25) is 11.8 Å². The van der Waals surface area contributed by atoms with Gasteiger partial charge in [0.15, 0.2) is 11.5 Å². The summed E-state index contributed by atoms with van der Waals surface area (Å²) in [5, 5.41) is 2.86. The van der Waals surface area contributed by atoms with Gasteiger partial charge in [0.25, 0.3) is 0 Å². The maximum atomic E-state index is 12.5. The Morgan fingerprint density at radius 2 is 1.77 bits per heavy atom. The molecule has 2 amide bonds. The van der Waals surface area contributed by atoms with Crippen LogP contribution in [0.15, 0.2) is 42.6 Å². The largest absolute Gasteiger partial charge is 0.486 e. The van der Waals surface area contributed by atoms with Gasteiger partial charge in [-0.25, -0.2) is 4.98 Å². The number of carbonyl (C=O) groups excluding carboxylic acids is 2. The van der Waals surface area contributed by atoms with Crippen molar-refractivity contribution in [3.63, 3.8) is 0 Å². The Morgan fingerprint density at radius 3 is 2.53 bits per heavy atom. The number of carbonyl (C=O) groups is 2. The molecule has 1 aromatic heterocycles. The summed E-state index contributed by atoms with van der Waals surface area (Å²) >= 11 is 0. The summed E-state index contributed by atoms with van der Waals surface area (Å²) in [5.41, 5.74) is 0.668. The van der Waals surface area contributed by atoms with Crippen LogP contribution in [0.3, 0.4) is 0 Å². The van der Waals surface area contributed by atoms with Crippen molar-refractivity contribution in [3.8, 4) is 11.5 Å². The van der Waals surface area contributed by atoms with Crippen molar-refractivity contribution >= 4 is 23.3 Å². The molecule has 3 heterocycles. The van der Waals surface area contributed by atoms with Gasteiger partial charge in [0.1, 0.15) is 19.0 Å². The first kappa shape index (κ1) is 20.0. The minimum absolute atomic E-state index is 0.0998. The van der Waals surface area contributed by atoms with Crippen molar-refractivity contribution in [1.82, 2.24) is 9.88 Å². The third-order valence-electron chi connectivity index (χ3n) is 5.23. The first-order valence-electron chi connectivity index (χ1n) is 10.3. The monoisotopic (exact) mass is 410 g/mol. The second-order valence-corrected chi connectivity index (χ2v) is 7.32. The van der Waals surface area contributed by atoms with E-state index in [1.165, 1.54) is 0 Å². The van der Waals surface area contributed by atoms with E-state index in [1.54, 1.807) is 24.4 Å². The minimum atomic E-state index is -0.112. The molecule has 0 saturated carbocycles. The van der Waals surface area contributed by atoms with Gasteiger partial charge < -0.3 is 24.6 Å². The summed E-state index contributed by atoms with van der Waals surface area (Å²) < 4.78 is 11.0. The summed E-state index contributed by atoms with van der Waals surface area (Å²) in [6.07, 6.45) is 2.98. The molecule has 0 atom stereocenters. The van der Waals surface area contributed by atoms with Crippen molar-refractivity contribution < 1.29 is 19.1 Å². The summed E-state index contributed by atoms with van der Waals surface area (Å²) in [6.45, 7) is 3.94. The Bertz CT molecular complexity index is 882. The van der Waals surface area contributed by atoms with Gasteiger partial charge in [-0.05, 0) is 30.7 Å². The molecule has 0 unspecified atom stereocenters. The topological polar surface area (TPSA) is 84.0 Å². The fourth-order valence-electron chi connectivity index (χ4n) is 3.63. The highest BCUT2D eigenvalue weighted by molar-refractivity contribution is 5.91. The van der Waals surface area contributed by atoms with Crippen LogP contribution in [-0.4, -0.2) is 61.1 Å². The average Bonchev–Trinajstić information content (AvgIpc) is 2.79. The zero-order chi connectivity index (χ0) is 20.8. The van der Waals surface area contributed by atoms with Crippen LogP contribution in [0.25, 0.3) is 0 Å². The number of ether oxygens (including phenoxy) is 2. The number of aromatic nitrogens is 1. The number of hydrogen-bond acceptors (Lipinski definition) is 6. The van der Waals surface area contributed by atoms with Gasteiger partial charge >= 0.3 is 0 Å². The standard InChI is InChI=1S/C22H26N4O4/c27-21(24-17-7-8-18-19(16-17)30-15-14-29-18)5-3-6-22(28)26-12-10-25(11-13-26)20-4-1-2-9-23-20/h1-2,4,7-9,16H,3,5-6,10-15H2,(H,24,27). The Kier molecular flexibility index (Phi) is 6.32. The molecule has 30 heavy (non-hydrogen) atoms. The number of pyridine rings is 1. The molecule has 1 aromatic carbocycles. The molecule has 4 rings (SSSR count). The van der Waals surface area contributed by atoms with E-state index >= 15 is 0 Å². The van der Waals surface area contributed by atoms with Crippen molar-refractivity contribution in [2.45, 2.75) is 19.3 Å². The van der Waals surface area contributed by atoms with Crippen LogP contribution in [0.4, 0.5) is 11.5 Å². The lowest BCUT2D eigenvalue weighted by Crippen LogP contribution is -2.49. The van der Waals surface area contributed by atoms with Crippen molar-refractivity contribution in [2.24, 2.45) is 0 Å². The number of rotatable bonds is 6. The molecular formula is C22H26N4O4. The lowest BCUT2D eigenvalue weighted by molar-refractivity contribution is -0.131. The third-order valence-corrected chi connectivity index (χ3v) is 5.23. The van der Waals surface area contributed by atoms with E-state index in [1.807, 2.05) is 23.1 Å². The number of piperazine rings is 1. The summed E-state index contributed by atoms with van der Waals surface area (Å²) in [5.74, 6) is 2.26. The average molecular weight is 410 g/mol. The fraction of sp³-hybridized carbons (Fsp3) is 0.409. The number of amides is 2. The maximum Gasteiger partial charge on any atom is 0.224 e. The van der Waals surface area contributed by atoms with E-state index in [0.717, 1.165) is 18.9 Å². The number of anilines is 2. The molecule has 0 bridgehead atoms. The van der Waals surface area contributed by atoms with Crippen molar-refractivity contribution in [3.05, 3.63) is 42.6 Å². The predicted molar refractivity (Wildman–Crippen MR) is 113 cm³/mol. The van der Waals surface area contributed by atoms with E-state index in [0.29, 0.717) is 62.8 Å².